The fourth-order valence-corrected chi connectivity index (χ4v) is 3.65. The summed E-state index contributed by atoms with van der Waals surface area (Å²) in [5.41, 5.74) is 8.19. The van der Waals surface area contributed by atoms with Crippen LogP contribution in [0.15, 0.2) is 77.7 Å². The highest BCUT2D eigenvalue weighted by atomic mass is 16.5. The highest BCUT2D eigenvalue weighted by Crippen LogP contribution is 2.27. The van der Waals surface area contributed by atoms with Gasteiger partial charge in [0.15, 0.2) is 5.69 Å². The van der Waals surface area contributed by atoms with E-state index in [0.29, 0.717) is 39.3 Å². The number of hydrogen-bond acceptors (Lipinski definition) is 7. The van der Waals surface area contributed by atoms with Crippen molar-refractivity contribution in [2.45, 2.75) is 0 Å². The zero-order valence-corrected chi connectivity index (χ0v) is 17.9. The van der Waals surface area contributed by atoms with Gasteiger partial charge in [-0.15, -0.1) is 5.10 Å². The Balaban J connectivity index is 1.75. The minimum atomic E-state index is -1.20. The Morgan fingerprint density at radius 2 is 1.71 bits per heavy atom. The molecule has 0 saturated heterocycles. The normalized spacial score (nSPS) is 11.0. The van der Waals surface area contributed by atoms with E-state index < -0.39 is 5.97 Å². The van der Waals surface area contributed by atoms with Gasteiger partial charge in [0.05, 0.1) is 35.8 Å². The van der Waals surface area contributed by atoms with Crippen LogP contribution in [0.3, 0.4) is 0 Å². The molecule has 3 N–H and O–H groups in total. The first-order valence-electron chi connectivity index (χ1n) is 10.2. The van der Waals surface area contributed by atoms with Gasteiger partial charge in [-0.1, -0.05) is 35.5 Å². The number of rotatable bonds is 5. The van der Waals surface area contributed by atoms with Gasteiger partial charge < -0.3 is 15.6 Å². The average molecular weight is 454 g/mol. The van der Waals surface area contributed by atoms with E-state index in [1.54, 1.807) is 42.5 Å². The topological polar surface area (TPSA) is 138 Å². The first-order chi connectivity index (χ1) is 16.4. The van der Waals surface area contributed by atoms with Gasteiger partial charge in [0.1, 0.15) is 5.75 Å². The van der Waals surface area contributed by atoms with Gasteiger partial charge in [-0.2, -0.15) is 9.78 Å². The Hall–Kier alpha value is -4.99. The van der Waals surface area contributed by atoms with Crippen LogP contribution in [0.5, 0.6) is 5.75 Å². The molecule has 0 unspecified atom stereocenters. The van der Waals surface area contributed by atoms with Gasteiger partial charge in [0, 0.05) is 28.8 Å². The fourth-order valence-electron chi connectivity index (χ4n) is 3.65. The van der Waals surface area contributed by atoms with Crippen molar-refractivity contribution in [1.29, 1.82) is 0 Å². The molecule has 168 valence electrons. The lowest BCUT2D eigenvalue weighted by atomic mass is 10.0. The number of nitrogens with two attached hydrogens (primary N) is 1. The summed E-state index contributed by atoms with van der Waals surface area (Å²) in [6.45, 7) is 0. The van der Waals surface area contributed by atoms with Crippen molar-refractivity contribution in [3.8, 4) is 28.4 Å². The molecular weight excluding hydrogens is 436 g/mol. The molecule has 0 aliphatic carbocycles. The predicted molar refractivity (Wildman–Crippen MR) is 126 cm³/mol. The zero-order chi connectivity index (χ0) is 23.8. The van der Waals surface area contributed by atoms with Crippen molar-refractivity contribution in [3.63, 3.8) is 0 Å². The number of anilines is 1. The van der Waals surface area contributed by atoms with Crippen LogP contribution >= 0.6 is 0 Å². The number of nitrogens with zero attached hydrogens (tertiary/aromatic N) is 5. The van der Waals surface area contributed by atoms with Crippen LogP contribution in [0.1, 0.15) is 10.5 Å². The number of carboxylic acid groups (broad SMARTS) is 1. The van der Waals surface area contributed by atoms with E-state index in [0.717, 1.165) is 5.56 Å². The smallest absolute Gasteiger partial charge is 0.358 e. The molecule has 10 nitrogen and oxygen atoms in total. The first-order valence-corrected chi connectivity index (χ1v) is 10.2. The molecular formula is C24H18N6O4. The summed E-state index contributed by atoms with van der Waals surface area (Å²) in [4.78, 5) is 24.7. The molecule has 0 atom stereocenters. The third-order valence-corrected chi connectivity index (χ3v) is 5.32. The van der Waals surface area contributed by atoms with Crippen LogP contribution in [0, 0.1) is 0 Å². The van der Waals surface area contributed by atoms with Crippen LogP contribution in [0.4, 0.5) is 5.69 Å². The molecule has 0 saturated carbocycles. The van der Waals surface area contributed by atoms with E-state index in [9.17, 15) is 9.59 Å². The van der Waals surface area contributed by atoms with Crippen molar-refractivity contribution in [3.05, 3.63) is 89.0 Å². The molecule has 34 heavy (non-hydrogen) atoms. The summed E-state index contributed by atoms with van der Waals surface area (Å²) in [7, 11) is 1.49. The van der Waals surface area contributed by atoms with Crippen LogP contribution in [0.25, 0.3) is 33.4 Å². The second kappa shape index (κ2) is 8.17. The molecule has 0 amide bonds. The van der Waals surface area contributed by atoms with Gasteiger partial charge in [-0.3, -0.25) is 4.79 Å². The number of fused-ring (bicyclic) bond motifs is 1. The van der Waals surface area contributed by atoms with Crippen molar-refractivity contribution in [2.75, 3.05) is 12.8 Å². The molecule has 10 heteroatoms. The lowest BCUT2D eigenvalue weighted by Crippen LogP contribution is -2.22. The molecule has 0 aliphatic heterocycles. The van der Waals surface area contributed by atoms with E-state index in [2.05, 4.69) is 15.4 Å². The zero-order valence-electron chi connectivity index (χ0n) is 17.9. The Kier molecular flexibility index (Phi) is 5.02. The summed E-state index contributed by atoms with van der Waals surface area (Å²) < 4.78 is 7.99. The Bertz CT molecular complexity index is 1600. The first kappa shape index (κ1) is 20.9. The predicted octanol–water partition coefficient (Wildman–Crippen LogP) is 2.92. The minimum Gasteiger partial charge on any atom is -0.497 e. The van der Waals surface area contributed by atoms with Gasteiger partial charge in [0.2, 0.25) is 0 Å². The maximum atomic E-state index is 13.4. The quantitative estimate of drug-likeness (QED) is 0.387. The van der Waals surface area contributed by atoms with Gasteiger partial charge in [-0.05, 0) is 24.3 Å². The summed E-state index contributed by atoms with van der Waals surface area (Å²) in [5.74, 6) is -0.773. The maximum absolute atomic E-state index is 13.4. The van der Waals surface area contributed by atoms with Crippen molar-refractivity contribution in [2.24, 2.45) is 0 Å². The Morgan fingerprint density at radius 1 is 1.00 bits per heavy atom. The molecule has 3 aromatic carbocycles. The monoisotopic (exact) mass is 454 g/mol. The van der Waals surface area contributed by atoms with Crippen LogP contribution < -0.4 is 16.0 Å². The highest BCUT2D eigenvalue weighted by molar-refractivity contribution is 5.94. The van der Waals surface area contributed by atoms with E-state index in [4.69, 9.17) is 15.6 Å². The third-order valence-electron chi connectivity index (χ3n) is 5.32. The Labute approximate surface area is 192 Å². The van der Waals surface area contributed by atoms with Crippen LogP contribution in [0.2, 0.25) is 0 Å². The van der Waals surface area contributed by atoms with Gasteiger partial charge in [-0.25, -0.2) is 9.48 Å². The number of aromatic carboxylic acids is 1. The number of ether oxygens (including phenoxy) is 1. The number of nitrogen functional groups attached to an aromatic ring is 1. The summed E-state index contributed by atoms with van der Waals surface area (Å²) in [5, 5.41) is 22.6. The summed E-state index contributed by atoms with van der Waals surface area (Å²) in [6, 6.07) is 19.4. The highest BCUT2D eigenvalue weighted by Gasteiger charge is 2.16. The second-order valence-corrected chi connectivity index (χ2v) is 7.48. The van der Waals surface area contributed by atoms with E-state index >= 15 is 0 Å². The average Bonchev–Trinajstić information content (AvgIpc) is 3.36. The van der Waals surface area contributed by atoms with E-state index in [1.165, 1.54) is 22.7 Å². The molecule has 2 aromatic heterocycles. The van der Waals surface area contributed by atoms with Crippen molar-refractivity contribution >= 4 is 22.4 Å². The SMILES string of the molecule is COc1cc(-n2cc(C(=O)O)nn2)cc(-n2nc(-c3ccc(N)cc3)c3ccccc3c2=O)c1. The largest absolute Gasteiger partial charge is 0.497 e. The summed E-state index contributed by atoms with van der Waals surface area (Å²) >= 11 is 0. The number of carboxylic acids is 1. The molecule has 0 spiro atoms. The standard InChI is InChI=1S/C24H18N6O4/c1-34-18-11-16(29-13-21(24(32)33)26-28-29)10-17(12-18)30-23(31)20-5-3-2-4-19(20)22(27-30)14-6-8-15(25)9-7-14/h2-13H,25H2,1H3,(H,32,33). The third kappa shape index (κ3) is 3.62. The molecule has 0 radical (unpaired) electrons. The number of hydrogen-bond donors (Lipinski definition) is 2. The maximum Gasteiger partial charge on any atom is 0.358 e. The fraction of sp³-hybridized carbons (Fsp3) is 0.0417. The van der Waals surface area contributed by atoms with Crippen molar-refractivity contribution in [1.82, 2.24) is 24.8 Å². The van der Waals surface area contributed by atoms with Gasteiger partial charge in [0.25, 0.3) is 5.56 Å². The number of carbonyl (C=O) groups is 1. The van der Waals surface area contributed by atoms with E-state index in [1.807, 2.05) is 24.3 Å². The molecule has 0 fully saturated rings. The molecule has 5 aromatic rings. The molecule has 0 bridgehead atoms. The van der Waals surface area contributed by atoms with Crippen LogP contribution in [-0.2, 0) is 0 Å². The Morgan fingerprint density at radius 3 is 2.38 bits per heavy atom. The molecule has 2 heterocycles. The number of methoxy groups -OCH3 is 1. The number of aromatic nitrogens is 5. The number of benzene rings is 3. The molecule has 0 aliphatic rings. The molecule has 5 rings (SSSR count). The van der Waals surface area contributed by atoms with E-state index in [-0.39, 0.29) is 11.3 Å². The van der Waals surface area contributed by atoms with Gasteiger partial charge >= 0.3 is 5.97 Å². The minimum absolute atomic E-state index is 0.212. The lowest BCUT2D eigenvalue weighted by Gasteiger charge is -2.13. The lowest BCUT2D eigenvalue weighted by molar-refractivity contribution is 0.0690. The van der Waals surface area contributed by atoms with Crippen molar-refractivity contribution < 1.29 is 14.6 Å². The summed E-state index contributed by atoms with van der Waals surface area (Å²) in [6.07, 6.45) is 1.28. The second-order valence-electron chi connectivity index (χ2n) is 7.48. The van der Waals surface area contributed by atoms with Crippen LogP contribution in [-0.4, -0.2) is 43.0 Å².